The molecule has 0 heterocycles. The summed E-state index contributed by atoms with van der Waals surface area (Å²) in [5, 5.41) is 18.7. The monoisotopic (exact) mass is 180 g/mol. The Kier molecular flexibility index (Phi) is 3.62. The van der Waals surface area contributed by atoms with Crippen molar-refractivity contribution in [2.24, 2.45) is 0 Å². The zero-order valence-corrected chi connectivity index (χ0v) is 7.95. The third kappa shape index (κ3) is 2.65. The molecular formula is C11H16O2. The molecule has 1 rings (SSSR count). The van der Waals surface area contributed by atoms with Gasteiger partial charge in [-0.05, 0) is 24.5 Å². The van der Waals surface area contributed by atoms with Gasteiger partial charge in [0.15, 0.2) is 11.5 Å². The van der Waals surface area contributed by atoms with Gasteiger partial charge in [-0.25, -0.2) is 0 Å². The first-order chi connectivity index (χ1) is 6.25. The van der Waals surface area contributed by atoms with Crippen molar-refractivity contribution in [2.75, 3.05) is 0 Å². The molecule has 0 bridgehead atoms. The maximum Gasteiger partial charge on any atom is 0.160 e. The quantitative estimate of drug-likeness (QED) is 0.552. The van der Waals surface area contributed by atoms with Crippen molar-refractivity contribution < 1.29 is 10.2 Å². The summed E-state index contributed by atoms with van der Waals surface area (Å²) in [7, 11) is 0. The molecule has 0 atom stereocenters. The van der Waals surface area contributed by atoms with Crippen molar-refractivity contribution in [3.05, 3.63) is 23.8 Å². The van der Waals surface area contributed by atoms with E-state index in [-0.39, 0.29) is 11.5 Å². The summed E-state index contributed by atoms with van der Waals surface area (Å²) >= 11 is 0. The summed E-state index contributed by atoms with van der Waals surface area (Å²) < 4.78 is 0. The average Bonchev–Trinajstić information content (AvgIpc) is 2.13. The first-order valence-corrected chi connectivity index (χ1v) is 4.75. The number of para-hydroxylation sites is 1. The third-order valence-electron chi connectivity index (χ3n) is 2.15. The molecule has 0 saturated heterocycles. The first-order valence-electron chi connectivity index (χ1n) is 4.75. The lowest BCUT2D eigenvalue weighted by Crippen LogP contribution is -1.86. The van der Waals surface area contributed by atoms with Gasteiger partial charge < -0.3 is 10.2 Å². The van der Waals surface area contributed by atoms with Gasteiger partial charge in [0.05, 0.1) is 0 Å². The molecule has 13 heavy (non-hydrogen) atoms. The molecule has 0 spiro atoms. The van der Waals surface area contributed by atoms with Crippen LogP contribution in [0.1, 0.15) is 31.7 Å². The van der Waals surface area contributed by atoms with Gasteiger partial charge in [-0.2, -0.15) is 0 Å². The molecule has 0 saturated carbocycles. The van der Waals surface area contributed by atoms with Crippen LogP contribution in [0.5, 0.6) is 11.5 Å². The van der Waals surface area contributed by atoms with Gasteiger partial charge in [-0.3, -0.25) is 0 Å². The lowest BCUT2D eigenvalue weighted by molar-refractivity contribution is 0.398. The lowest BCUT2D eigenvalue weighted by atomic mass is 10.1. The SMILES string of the molecule is CCCCCc1cccc(O)c1O. The van der Waals surface area contributed by atoms with Crippen LogP contribution in [0.3, 0.4) is 0 Å². The average molecular weight is 180 g/mol. The maximum absolute atomic E-state index is 9.45. The van der Waals surface area contributed by atoms with Crippen molar-refractivity contribution in [1.29, 1.82) is 0 Å². The van der Waals surface area contributed by atoms with Gasteiger partial charge in [0.1, 0.15) is 0 Å². The van der Waals surface area contributed by atoms with Gasteiger partial charge in [-0.1, -0.05) is 31.9 Å². The van der Waals surface area contributed by atoms with Crippen molar-refractivity contribution in [1.82, 2.24) is 0 Å². The van der Waals surface area contributed by atoms with E-state index in [1.807, 2.05) is 6.07 Å². The summed E-state index contributed by atoms with van der Waals surface area (Å²) in [5.41, 5.74) is 0.841. The Bertz CT molecular complexity index is 269. The molecule has 2 N–H and O–H groups in total. The summed E-state index contributed by atoms with van der Waals surface area (Å²) in [6.07, 6.45) is 4.23. The number of aromatic hydroxyl groups is 2. The zero-order valence-electron chi connectivity index (χ0n) is 7.95. The van der Waals surface area contributed by atoms with E-state index in [9.17, 15) is 10.2 Å². The molecule has 2 nitrogen and oxygen atoms in total. The third-order valence-corrected chi connectivity index (χ3v) is 2.15. The normalized spacial score (nSPS) is 10.2. The van der Waals surface area contributed by atoms with E-state index < -0.39 is 0 Å². The van der Waals surface area contributed by atoms with Crippen LogP contribution in [-0.2, 0) is 6.42 Å². The predicted octanol–water partition coefficient (Wildman–Crippen LogP) is 2.83. The van der Waals surface area contributed by atoms with Gasteiger partial charge in [0.2, 0.25) is 0 Å². The number of hydrogen-bond acceptors (Lipinski definition) is 2. The molecule has 1 aromatic rings. The molecule has 0 unspecified atom stereocenters. The number of rotatable bonds is 4. The fourth-order valence-electron chi connectivity index (χ4n) is 1.34. The molecule has 0 aliphatic heterocycles. The minimum Gasteiger partial charge on any atom is -0.504 e. The predicted molar refractivity (Wildman–Crippen MR) is 53.0 cm³/mol. The molecular weight excluding hydrogens is 164 g/mol. The number of unbranched alkanes of at least 4 members (excludes halogenated alkanes) is 2. The molecule has 0 aliphatic rings. The van der Waals surface area contributed by atoms with Crippen LogP contribution in [0.15, 0.2) is 18.2 Å². The van der Waals surface area contributed by atoms with Crippen LogP contribution >= 0.6 is 0 Å². The van der Waals surface area contributed by atoms with Crippen LogP contribution in [0.2, 0.25) is 0 Å². The summed E-state index contributed by atoms with van der Waals surface area (Å²) in [6.45, 7) is 2.14. The van der Waals surface area contributed by atoms with Crippen LogP contribution in [-0.4, -0.2) is 10.2 Å². The molecule has 0 fully saturated rings. The second-order valence-electron chi connectivity index (χ2n) is 3.24. The highest BCUT2D eigenvalue weighted by molar-refractivity contribution is 5.44. The molecule has 72 valence electrons. The topological polar surface area (TPSA) is 40.5 Å². The second-order valence-corrected chi connectivity index (χ2v) is 3.24. The van der Waals surface area contributed by atoms with E-state index in [2.05, 4.69) is 6.92 Å². The number of phenolic OH excluding ortho intramolecular Hbond substituents is 2. The second kappa shape index (κ2) is 4.75. The molecule has 0 amide bonds. The van der Waals surface area contributed by atoms with E-state index >= 15 is 0 Å². The van der Waals surface area contributed by atoms with E-state index in [0.717, 1.165) is 24.8 Å². The molecule has 0 aromatic heterocycles. The fourth-order valence-corrected chi connectivity index (χ4v) is 1.34. The number of phenols is 2. The highest BCUT2D eigenvalue weighted by Crippen LogP contribution is 2.29. The fraction of sp³-hybridized carbons (Fsp3) is 0.455. The Balaban J connectivity index is 2.61. The van der Waals surface area contributed by atoms with Crippen molar-refractivity contribution >= 4 is 0 Å². The number of aryl methyl sites for hydroxylation is 1. The Morgan fingerprint density at radius 1 is 1.15 bits per heavy atom. The van der Waals surface area contributed by atoms with Gasteiger partial charge in [0.25, 0.3) is 0 Å². The van der Waals surface area contributed by atoms with E-state index in [1.165, 1.54) is 12.5 Å². The Hall–Kier alpha value is -1.18. The Morgan fingerprint density at radius 2 is 1.92 bits per heavy atom. The summed E-state index contributed by atoms with van der Waals surface area (Å²) in [5.74, 6) is 0.0209. The van der Waals surface area contributed by atoms with E-state index in [0.29, 0.717) is 0 Å². The largest absolute Gasteiger partial charge is 0.504 e. The van der Waals surface area contributed by atoms with E-state index in [4.69, 9.17) is 0 Å². The first kappa shape index (κ1) is 9.90. The van der Waals surface area contributed by atoms with E-state index in [1.54, 1.807) is 6.07 Å². The van der Waals surface area contributed by atoms with Crippen LogP contribution in [0.25, 0.3) is 0 Å². The van der Waals surface area contributed by atoms with Gasteiger partial charge >= 0.3 is 0 Å². The minimum absolute atomic E-state index is 0.0194. The van der Waals surface area contributed by atoms with Crippen LogP contribution < -0.4 is 0 Å². The summed E-state index contributed by atoms with van der Waals surface area (Å²) in [4.78, 5) is 0. The molecule has 1 aromatic carbocycles. The molecule has 0 radical (unpaired) electrons. The number of hydrogen-bond donors (Lipinski definition) is 2. The van der Waals surface area contributed by atoms with Crippen molar-refractivity contribution in [3.8, 4) is 11.5 Å². The van der Waals surface area contributed by atoms with Crippen LogP contribution in [0, 0.1) is 0 Å². The standard InChI is InChI=1S/C11H16O2/c1-2-3-4-6-9-7-5-8-10(12)11(9)13/h5,7-8,12-13H,2-4,6H2,1H3. The smallest absolute Gasteiger partial charge is 0.160 e. The maximum atomic E-state index is 9.45. The zero-order chi connectivity index (χ0) is 9.68. The lowest BCUT2D eigenvalue weighted by Gasteiger charge is -2.04. The molecule has 2 heteroatoms. The summed E-state index contributed by atoms with van der Waals surface area (Å²) in [6, 6.07) is 5.11. The van der Waals surface area contributed by atoms with Crippen molar-refractivity contribution in [2.45, 2.75) is 32.6 Å². The molecule has 0 aliphatic carbocycles. The highest BCUT2D eigenvalue weighted by Gasteiger charge is 2.04. The van der Waals surface area contributed by atoms with Crippen molar-refractivity contribution in [3.63, 3.8) is 0 Å². The highest BCUT2D eigenvalue weighted by atomic mass is 16.3. The van der Waals surface area contributed by atoms with Crippen LogP contribution in [0.4, 0.5) is 0 Å². The Labute approximate surface area is 78.8 Å². The minimum atomic E-state index is -0.0194. The number of benzene rings is 1. The van der Waals surface area contributed by atoms with Gasteiger partial charge in [0, 0.05) is 0 Å². The van der Waals surface area contributed by atoms with Gasteiger partial charge in [-0.15, -0.1) is 0 Å². The Morgan fingerprint density at radius 3 is 2.62 bits per heavy atom.